The van der Waals surface area contributed by atoms with Crippen LogP contribution in [0.5, 0.6) is 5.75 Å². The fraction of sp³-hybridized carbons (Fsp3) is 0.111. The molecule has 1 aliphatic heterocycles. The number of carboxylic acids is 1. The van der Waals surface area contributed by atoms with Crippen LogP contribution in [0, 0.1) is 0 Å². The van der Waals surface area contributed by atoms with Crippen LogP contribution in [0.4, 0.5) is 5.13 Å². The zero-order valence-electron chi connectivity index (χ0n) is 14.1. The Hall–Kier alpha value is -2.91. The molecule has 0 aliphatic carbocycles. The molecule has 138 valence electrons. The normalized spacial score (nSPS) is 16.9. The molecule has 9 heteroatoms. The van der Waals surface area contributed by atoms with Crippen molar-refractivity contribution in [3.8, 4) is 5.75 Å². The van der Waals surface area contributed by atoms with Crippen molar-refractivity contribution in [2.75, 3.05) is 13.2 Å². The second-order valence-corrected chi connectivity index (χ2v) is 7.16. The Bertz CT molecular complexity index is 905. The number of thiazole rings is 1. The molecule has 7 nitrogen and oxygen atoms in total. The van der Waals surface area contributed by atoms with Gasteiger partial charge in [-0.15, -0.1) is 17.9 Å². The van der Waals surface area contributed by atoms with Crippen LogP contribution in [-0.2, 0) is 9.59 Å². The van der Waals surface area contributed by atoms with Crippen molar-refractivity contribution < 1.29 is 19.4 Å². The molecule has 0 radical (unpaired) electrons. The molecule has 2 heterocycles. The number of aliphatic carboxylic acids is 1. The van der Waals surface area contributed by atoms with Gasteiger partial charge < -0.3 is 9.84 Å². The van der Waals surface area contributed by atoms with Crippen molar-refractivity contribution in [2.24, 2.45) is 4.99 Å². The number of carbonyl (C=O) groups excluding carboxylic acids is 1. The Balaban J connectivity index is 1.80. The second-order valence-electron chi connectivity index (χ2n) is 5.28. The molecule has 1 aromatic carbocycles. The molecule has 1 N–H and O–H groups in total. The lowest BCUT2D eigenvalue weighted by Gasteiger charge is -2.11. The number of aromatic nitrogens is 1. The smallest absolute Gasteiger partial charge is 0.341 e. The molecule has 0 saturated carbocycles. The summed E-state index contributed by atoms with van der Waals surface area (Å²) in [5.74, 6) is -0.742. The summed E-state index contributed by atoms with van der Waals surface area (Å²) < 4.78 is 5.10. The molecule has 2 aromatic rings. The Morgan fingerprint density at radius 1 is 1.37 bits per heavy atom. The van der Waals surface area contributed by atoms with Gasteiger partial charge in [-0.05, 0) is 35.5 Å². The third kappa shape index (κ3) is 4.83. The molecule has 1 fully saturated rings. The van der Waals surface area contributed by atoms with Crippen molar-refractivity contribution >= 4 is 51.4 Å². The van der Waals surface area contributed by atoms with Crippen LogP contribution in [-0.4, -0.2) is 45.2 Å². The fourth-order valence-electron chi connectivity index (χ4n) is 2.19. The average molecular weight is 401 g/mol. The summed E-state index contributed by atoms with van der Waals surface area (Å²) in [5.41, 5.74) is 0.794. The SMILES string of the molecule is C=CCN1C(=O)C(=Cc2ccc(OCC(=O)O)cc2)SC1=Nc1nccs1. The van der Waals surface area contributed by atoms with Crippen molar-refractivity contribution in [1.82, 2.24) is 9.88 Å². The summed E-state index contributed by atoms with van der Waals surface area (Å²) in [5, 5.41) is 11.6. The molecule has 0 unspecified atom stereocenters. The number of carbonyl (C=O) groups is 2. The minimum atomic E-state index is -1.04. The van der Waals surface area contributed by atoms with E-state index in [1.54, 1.807) is 47.5 Å². The lowest BCUT2D eigenvalue weighted by Crippen LogP contribution is -2.29. The number of hydrogen-bond acceptors (Lipinski definition) is 7. The van der Waals surface area contributed by atoms with E-state index in [4.69, 9.17) is 9.84 Å². The van der Waals surface area contributed by atoms with Gasteiger partial charge in [-0.3, -0.25) is 9.69 Å². The first-order chi connectivity index (χ1) is 13.1. The van der Waals surface area contributed by atoms with Crippen LogP contribution < -0.4 is 4.74 Å². The minimum absolute atomic E-state index is 0.151. The Morgan fingerprint density at radius 2 is 2.15 bits per heavy atom. The van der Waals surface area contributed by atoms with E-state index in [9.17, 15) is 9.59 Å². The van der Waals surface area contributed by atoms with Crippen LogP contribution in [0.25, 0.3) is 6.08 Å². The van der Waals surface area contributed by atoms with E-state index in [1.807, 2.05) is 5.38 Å². The number of aliphatic imine (C=N–C) groups is 1. The first-order valence-electron chi connectivity index (χ1n) is 7.82. The van der Waals surface area contributed by atoms with E-state index < -0.39 is 12.6 Å². The number of amidine groups is 1. The second kappa shape index (κ2) is 8.65. The van der Waals surface area contributed by atoms with E-state index in [0.29, 0.717) is 27.5 Å². The maximum absolute atomic E-state index is 12.7. The predicted octanol–water partition coefficient (Wildman–Crippen LogP) is 3.40. The van der Waals surface area contributed by atoms with Gasteiger partial charge in [0.2, 0.25) is 5.13 Å². The van der Waals surface area contributed by atoms with Gasteiger partial charge >= 0.3 is 5.97 Å². The third-order valence-corrected chi connectivity index (χ3v) is 5.02. The number of hydrogen-bond donors (Lipinski definition) is 1. The number of ether oxygens (including phenoxy) is 1. The van der Waals surface area contributed by atoms with Gasteiger partial charge in [0, 0.05) is 18.1 Å². The largest absolute Gasteiger partial charge is 0.482 e. The average Bonchev–Trinajstić information content (AvgIpc) is 3.26. The van der Waals surface area contributed by atoms with E-state index in [2.05, 4.69) is 16.6 Å². The maximum Gasteiger partial charge on any atom is 0.341 e. The number of benzene rings is 1. The van der Waals surface area contributed by atoms with Gasteiger partial charge in [-0.25, -0.2) is 9.78 Å². The highest BCUT2D eigenvalue weighted by Crippen LogP contribution is 2.34. The molecular weight excluding hydrogens is 386 g/mol. The predicted molar refractivity (Wildman–Crippen MR) is 106 cm³/mol. The first-order valence-corrected chi connectivity index (χ1v) is 9.51. The van der Waals surface area contributed by atoms with Gasteiger partial charge in [0.05, 0.1) is 4.91 Å². The van der Waals surface area contributed by atoms with Gasteiger partial charge in [-0.1, -0.05) is 18.2 Å². The van der Waals surface area contributed by atoms with Crippen LogP contribution in [0.3, 0.4) is 0 Å². The van der Waals surface area contributed by atoms with Crippen molar-refractivity contribution in [2.45, 2.75) is 0 Å². The lowest BCUT2D eigenvalue weighted by molar-refractivity contribution is -0.139. The summed E-state index contributed by atoms with van der Waals surface area (Å²) >= 11 is 2.67. The van der Waals surface area contributed by atoms with Crippen LogP contribution in [0.15, 0.2) is 58.4 Å². The molecular formula is C18H15N3O4S2. The van der Waals surface area contributed by atoms with Crippen molar-refractivity contribution in [3.63, 3.8) is 0 Å². The highest BCUT2D eigenvalue weighted by Gasteiger charge is 2.32. The minimum Gasteiger partial charge on any atom is -0.482 e. The maximum atomic E-state index is 12.7. The van der Waals surface area contributed by atoms with E-state index in [1.165, 1.54) is 23.1 Å². The number of thioether (sulfide) groups is 1. The quantitative estimate of drug-likeness (QED) is 0.565. The molecule has 1 aromatic heterocycles. The summed E-state index contributed by atoms with van der Waals surface area (Å²) in [4.78, 5) is 33.9. The number of nitrogens with zero attached hydrogens (tertiary/aromatic N) is 3. The Morgan fingerprint density at radius 3 is 2.78 bits per heavy atom. The summed E-state index contributed by atoms with van der Waals surface area (Å²) in [7, 11) is 0. The van der Waals surface area contributed by atoms with E-state index in [-0.39, 0.29) is 5.91 Å². The molecule has 0 bridgehead atoms. The van der Waals surface area contributed by atoms with E-state index >= 15 is 0 Å². The number of amides is 1. The van der Waals surface area contributed by atoms with Gasteiger partial charge in [0.25, 0.3) is 5.91 Å². The molecule has 0 atom stereocenters. The highest BCUT2D eigenvalue weighted by atomic mass is 32.2. The summed E-state index contributed by atoms with van der Waals surface area (Å²) in [6.07, 6.45) is 5.07. The standard InChI is InChI=1S/C18H15N3O4S2/c1-2-8-21-16(24)14(27-18(21)20-17-19-7-9-26-17)10-12-3-5-13(6-4-12)25-11-15(22)23/h2-7,9-10H,1,8,11H2,(H,22,23). The molecule has 1 saturated heterocycles. The first kappa shape index (κ1) is 18.9. The van der Waals surface area contributed by atoms with E-state index in [0.717, 1.165) is 5.56 Å². The topological polar surface area (TPSA) is 92.1 Å². The van der Waals surface area contributed by atoms with Crippen LogP contribution in [0.1, 0.15) is 5.56 Å². The van der Waals surface area contributed by atoms with Gasteiger partial charge in [0.15, 0.2) is 11.8 Å². The zero-order valence-corrected chi connectivity index (χ0v) is 15.7. The molecule has 1 aliphatic rings. The monoisotopic (exact) mass is 401 g/mol. The Kier molecular flexibility index (Phi) is 6.05. The molecule has 0 spiro atoms. The van der Waals surface area contributed by atoms with Crippen LogP contribution in [0.2, 0.25) is 0 Å². The zero-order chi connectivity index (χ0) is 19.2. The van der Waals surface area contributed by atoms with Gasteiger partial charge in [-0.2, -0.15) is 4.99 Å². The van der Waals surface area contributed by atoms with Gasteiger partial charge in [0.1, 0.15) is 5.75 Å². The number of rotatable bonds is 7. The fourth-order valence-corrected chi connectivity index (χ4v) is 3.74. The van der Waals surface area contributed by atoms with Crippen molar-refractivity contribution in [1.29, 1.82) is 0 Å². The highest BCUT2D eigenvalue weighted by molar-refractivity contribution is 8.18. The third-order valence-electron chi connectivity index (χ3n) is 3.35. The van der Waals surface area contributed by atoms with Crippen LogP contribution >= 0.6 is 23.1 Å². The molecule has 27 heavy (non-hydrogen) atoms. The number of carboxylic acid groups (broad SMARTS) is 1. The summed E-state index contributed by atoms with van der Waals surface area (Å²) in [6.45, 7) is 3.65. The Labute approximate surface area is 163 Å². The van der Waals surface area contributed by atoms with Crippen molar-refractivity contribution in [3.05, 3.63) is 59.0 Å². The molecule has 1 amide bonds. The lowest BCUT2D eigenvalue weighted by atomic mass is 10.2. The summed E-state index contributed by atoms with van der Waals surface area (Å²) in [6, 6.07) is 6.83. The molecule has 3 rings (SSSR count).